The third-order valence-electron chi connectivity index (χ3n) is 3.85. The predicted molar refractivity (Wildman–Crippen MR) is 106 cm³/mol. The number of aliphatic imine (C=N–C) groups is 1. The average molecular weight is 359 g/mol. The van der Waals surface area contributed by atoms with Crippen molar-refractivity contribution in [3.8, 4) is 0 Å². The summed E-state index contributed by atoms with van der Waals surface area (Å²) in [5.74, 6) is 0. The van der Waals surface area contributed by atoms with Crippen LogP contribution >= 0.6 is 22.9 Å². The molecule has 0 atom stereocenters. The Bertz CT molecular complexity index is 888. The summed E-state index contributed by atoms with van der Waals surface area (Å²) in [5.41, 5.74) is 6.77. The molecule has 4 nitrogen and oxygen atoms in total. The fourth-order valence-electron chi connectivity index (χ4n) is 2.26. The number of nitrogens with one attached hydrogen (secondary N) is 1. The molecule has 0 aliphatic carbocycles. The molecule has 1 N–H and O–H groups in total. The highest BCUT2D eigenvalue weighted by atomic mass is 35.5. The molecule has 3 aromatic rings. The van der Waals surface area contributed by atoms with Crippen LogP contribution in [0.25, 0.3) is 10.2 Å². The van der Waals surface area contributed by atoms with E-state index in [1.807, 2.05) is 55.0 Å². The lowest BCUT2D eigenvalue weighted by Crippen LogP contribution is -2.14. The molecule has 124 valence electrons. The maximum absolute atomic E-state index is 6.28. The lowest BCUT2D eigenvalue weighted by Gasteiger charge is -2.13. The molecule has 0 aliphatic rings. The molecule has 1 aromatic heterocycles. The van der Waals surface area contributed by atoms with Crippen molar-refractivity contribution in [3.63, 3.8) is 0 Å². The highest BCUT2D eigenvalue weighted by Gasteiger charge is 2.07. The number of aromatic nitrogens is 1. The minimum Gasteiger partial charge on any atom is -0.366 e. The molecule has 24 heavy (non-hydrogen) atoms. The fourth-order valence-corrected chi connectivity index (χ4v) is 3.19. The first-order chi connectivity index (χ1) is 11.6. The van der Waals surface area contributed by atoms with Crippen LogP contribution in [0.15, 0.2) is 40.8 Å². The van der Waals surface area contributed by atoms with Gasteiger partial charge in [-0.25, -0.2) is 9.98 Å². The summed E-state index contributed by atoms with van der Waals surface area (Å²) in [6, 6.07) is 9.95. The van der Waals surface area contributed by atoms with Crippen LogP contribution in [0.4, 0.5) is 17.1 Å². The lowest BCUT2D eigenvalue weighted by molar-refractivity contribution is 0.552. The number of hydrogen-bond acceptors (Lipinski definition) is 4. The molecule has 1 heterocycles. The third-order valence-corrected chi connectivity index (χ3v) is 4.86. The Morgan fingerprint density at radius 2 is 2.17 bits per heavy atom. The summed E-state index contributed by atoms with van der Waals surface area (Å²) in [5, 5.41) is 4.10. The summed E-state index contributed by atoms with van der Waals surface area (Å²) in [6.07, 6.45) is 1.83. The summed E-state index contributed by atoms with van der Waals surface area (Å²) in [7, 11) is 1.99. The van der Waals surface area contributed by atoms with Crippen LogP contribution in [0.5, 0.6) is 0 Å². The highest BCUT2D eigenvalue weighted by molar-refractivity contribution is 7.16. The summed E-state index contributed by atoms with van der Waals surface area (Å²) < 4.78 is 1.16. The Morgan fingerprint density at radius 1 is 1.33 bits per heavy atom. The van der Waals surface area contributed by atoms with Crippen LogP contribution in [0.1, 0.15) is 12.5 Å². The number of anilines is 2. The second kappa shape index (κ2) is 7.20. The SMILES string of the molecule is CCN(C)C=Nc1cc(Cl)cc(Nc2ccc3ncsc3c2)c1C. The topological polar surface area (TPSA) is 40.5 Å². The smallest absolute Gasteiger partial charge is 0.0909 e. The second-order valence-corrected chi connectivity index (χ2v) is 6.90. The average Bonchev–Trinajstić information content (AvgIpc) is 3.03. The Kier molecular flexibility index (Phi) is 5.02. The largest absolute Gasteiger partial charge is 0.366 e. The van der Waals surface area contributed by atoms with Gasteiger partial charge in [0.15, 0.2) is 0 Å². The van der Waals surface area contributed by atoms with E-state index in [0.29, 0.717) is 5.02 Å². The number of halogens is 1. The van der Waals surface area contributed by atoms with Crippen LogP contribution in [-0.4, -0.2) is 29.8 Å². The number of hydrogen-bond donors (Lipinski definition) is 1. The predicted octanol–water partition coefficient (Wildman–Crippen LogP) is 5.61. The third kappa shape index (κ3) is 3.68. The van der Waals surface area contributed by atoms with Gasteiger partial charge in [-0.2, -0.15) is 0 Å². The van der Waals surface area contributed by atoms with Crippen molar-refractivity contribution in [2.75, 3.05) is 18.9 Å². The van der Waals surface area contributed by atoms with E-state index in [0.717, 1.165) is 39.4 Å². The zero-order valence-corrected chi connectivity index (χ0v) is 15.4. The second-order valence-electron chi connectivity index (χ2n) is 5.58. The van der Waals surface area contributed by atoms with Gasteiger partial charge in [-0.1, -0.05) is 11.6 Å². The van der Waals surface area contributed by atoms with E-state index < -0.39 is 0 Å². The maximum atomic E-state index is 6.28. The molecule has 0 saturated heterocycles. The molecule has 0 fully saturated rings. The van der Waals surface area contributed by atoms with Crippen LogP contribution in [0, 0.1) is 6.92 Å². The number of thiazole rings is 1. The molecule has 6 heteroatoms. The molecule has 0 unspecified atom stereocenters. The van der Waals surface area contributed by atoms with Crippen LogP contribution < -0.4 is 5.32 Å². The Morgan fingerprint density at radius 3 is 2.96 bits per heavy atom. The van der Waals surface area contributed by atoms with Gasteiger partial charge in [-0.15, -0.1) is 11.3 Å². The van der Waals surface area contributed by atoms with Crippen molar-refractivity contribution in [3.05, 3.63) is 46.4 Å². The molecule has 0 spiro atoms. The Hall–Kier alpha value is -2.11. The lowest BCUT2D eigenvalue weighted by atomic mass is 10.1. The van der Waals surface area contributed by atoms with E-state index in [2.05, 4.69) is 28.3 Å². The molecule has 0 radical (unpaired) electrons. The van der Waals surface area contributed by atoms with Gasteiger partial charge < -0.3 is 10.2 Å². The molecule has 3 rings (SSSR count). The first-order valence-corrected chi connectivity index (χ1v) is 8.97. The molecule has 0 aliphatic heterocycles. The standard InChI is InChI=1S/C18H19ClN4S/c1-4-23(3)10-20-16-7-13(19)8-17(12(16)2)22-14-5-6-15-18(9-14)24-11-21-15/h5-11,22H,4H2,1-3H3. The molecular formula is C18H19ClN4S. The Balaban J connectivity index is 1.92. The highest BCUT2D eigenvalue weighted by Crippen LogP contribution is 2.33. The van der Waals surface area contributed by atoms with Gasteiger partial charge in [0.25, 0.3) is 0 Å². The maximum Gasteiger partial charge on any atom is 0.0909 e. The van der Waals surface area contributed by atoms with E-state index in [-0.39, 0.29) is 0 Å². The summed E-state index contributed by atoms with van der Waals surface area (Å²) >= 11 is 7.91. The van der Waals surface area contributed by atoms with Crippen LogP contribution in [-0.2, 0) is 0 Å². The summed E-state index contributed by atoms with van der Waals surface area (Å²) in [6.45, 7) is 5.03. The van der Waals surface area contributed by atoms with Gasteiger partial charge in [0.05, 0.1) is 27.8 Å². The Labute approximate surface area is 150 Å². The van der Waals surface area contributed by atoms with E-state index in [9.17, 15) is 0 Å². The van der Waals surface area contributed by atoms with E-state index >= 15 is 0 Å². The number of rotatable bonds is 5. The van der Waals surface area contributed by atoms with Crippen molar-refractivity contribution >= 4 is 56.6 Å². The van der Waals surface area contributed by atoms with E-state index in [1.165, 1.54) is 0 Å². The van der Waals surface area contributed by atoms with E-state index in [4.69, 9.17) is 11.6 Å². The van der Waals surface area contributed by atoms with Gasteiger partial charge >= 0.3 is 0 Å². The minimum absolute atomic E-state index is 0.660. The number of benzene rings is 2. The summed E-state index contributed by atoms with van der Waals surface area (Å²) in [4.78, 5) is 10.9. The zero-order chi connectivity index (χ0) is 17.1. The van der Waals surface area contributed by atoms with Gasteiger partial charge in [0.2, 0.25) is 0 Å². The minimum atomic E-state index is 0.660. The van der Waals surface area contributed by atoms with Crippen molar-refractivity contribution in [1.29, 1.82) is 0 Å². The quantitative estimate of drug-likeness (QED) is 0.475. The molecule has 0 amide bonds. The van der Waals surface area contributed by atoms with Crippen molar-refractivity contribution in [2.24, 2.45) is 4.99 Å². The molecule has 0 saturated carbocycles. The van der Waals surface area contributed by atoms with Gasteiger partial charge in [0.1, 0.15) is 0 Å². The van der Waals surface area contributed by atoms with Gasteiger partial charge in [0, 0.05) is 30.0 Å². The molecular weight excluding hydrogens is 340 g/mol. The normalized spacial score (nSPS) is 11.3. The monoisotopic (exact) mass is 358 g/mol. The first-order valence-electron chi connectivity index (χ1n) is 7.71. The number of nitrogens with zero attached hydrogens (tertiary/aromatic N) is 3. The van der Waals surface area contributed by atoms with E-state index in [1.54, 1.807) is 11.3 Å². The van der Waals surface area contributed by atoms with Crippen LogP contribution in [0.3, 0.4) is 0 Å². The zero-order valence-electron chi connectivity index (χ0n) is 13.9. The fraction of sp³-hybridized carbons (Fsp3) is 0.222. The van der Waals surface area contributed by atoms with Gasteiger partial charge in [-0.3, -0.25) is 0 Å². The molecule has 0 bridgehead atoms. The first kappa shape index (κ1) is 16.7. The van der Waals surface area contributed by atoms with Crippen molar-refractivity contribution in [2.45, 2.75) is 13.8 Å². The van der Waals surface area contributed by atoms with Crippen molar-refractivity contribution < 1.29 is 0 Å². The van der Waals surface area contributed by atoms with Crippen LogP contribution in [0.2, 0.25) is 5.02 Å². The van der Waals surface area contributed by atoms with Gasteiger partial charge in [-0.05, 0) is 49.7 Å². The molecule has 2 aromatic carbocycles. The number of fused-ring (bicyclic) bond motifs is 1. The van der Waals surface area contributed by atoms with Crippen molar-refractivity contribution in [1.82, 2.24) is 9.88 Å².